The Morgan fingerprint density at radius 2 is 1.68 bits per heavy atom. The van der Waals surface area contributed by atoms with Crippen molar-refractivity contribution in [2.45, 2.75) is 31.5 Å². The van der Waals surface area contributed by atoms with Crippen molar-refractivity contribution >= 4 is 5.91 Å². The number of hydrogen-bond acceptors (Lipinski definition) is 1. The van der Waals surface area contributed by atoms with Crippen LogP contribution in [-0.4, -0.2) is 17.4 Å². The molecule has 4 rings (SSSR count). The molecule has 2 atom stereocenters. The van der Waals surface area contributed by atoms with Gasteiger partial charge in [-0.25, -0.2) is 0 Å². The van der Waals surface area contributed by atoms with Crippen LogP contribution in [0.25, 0.3) is 0 Å². The van der Waals surface area contributed by atoms with Gasteiger partial charge >= 0.3 is 6.18 Å². The molecule has 0 N–H and O–H groups in total. The number of carbonyl (C=O) groups excluding carboxylic acids is 1. The van der Waals surface area contributed by atoms with Gasteiger partial charge in [-0.05, 0) is 47.6 Å². The van der Waals surface area contributed by atoms with Crippen molar-refractivity contribution in [3.63, 3.8) is 0 Å². The standard InChI is InChI=1S/C20H18F3NO/c21-20(22,23)16-7-5-14(6-8-16)17-11-18(17)19(25)24-10-9-13-3-1-2-4-15(13)12-24/h1-8,17-18H,9-12H2. The molecule has 5 heteroatoms. The highest BCUT2D eigenvalue weighted by Gasteiger charge is 2.46. The van der Waals surface area contributed by atoms with Crippen LogP contribution in [-0.2, 0) is 23.9 Å². The third-order valence-electron chi connectivity index (χ3n) is 5.22. The van der Waals surface area contributed by atoms with Crippen LogP contribution in [0.15, 0.2) is 48.5 Å². The van der Waals surface area contributed by atoms with E-state index in [0.717, 1.165) is 30.5 Å². The van der Waals surface area contributed by atoms with Gasteiger partial charge in [0, 0.05) is 19.0 Å². The van der Waals surface area contributed by atoms with E-state index in [0.29, 0.717) is 13.1 Å². The number of nitrogens with zero attached hydrogens (tertiary/aromatic N) is 1. The minimum atomic E-state index is -4.32. The number of hydrogen-bond donors (Lipinski definition) is 0. The lowest BCUT2D eigenvalue weighted by molar-refractivity contribution is -0.137. The van der Waals surface area contributed by atoms with Gasteiger partial charge in [0.25, 0.3) is 0 Å². The molecule has 2 aliphatic rings. The highest BCUT2D eigenvalue weighted by Crippen LogP contribution is 2.49. The molecule has 0 aromatic heterocycles. The summed E-state index contributed by atoms with van der Waals surface area (Å²) in [6, 6.07) is 13.4. The van der Waals surface area contributed by atoms with Crippen molar-refractivity contribution in [1.82, 2.24) is 4.90 Å². The number of halogens is 3. The van der Waals surface area contributed by atoms with Gasteiger partial charge in [-0.1, -0.05) is 36.4 Å². The Morgan fingerprint density at radius 1 is 1.00 bits per heavy atom. The largest absolute Gasteiger partial charge is 0.416 e. The van der Waals surface area contributed by atoms with Crippen LogP contribution in [0.4, 0.5) is 13.2 Å². The van der Waals surface area contributed by atoms with E-state index >= 15 is 0 Å². The normalized spacial score (nSPS) is 22.4. The van der Waals surface area contributed by atoms with Gasteiger partial charge in [-0.15, -0.1) is 0 Å². The maximum atomic E-state index is 12.7. The molecule has 2 nitrogen and oxygen atoms in total. The predicted octanol–water partition coefficient (Wildman–Crippen LogP) is 4.39. The van der Waals surface area contributed by atoms with E-state index in [1.54, 1.807) is 0 Å². The van der Waals surface area contributed by atoms with Gasteiger partial charge in [-0.2, -0.15) is 13.2 Å². The number of carbonyl (C=O) groups is 1. The second kappa shape index (κ2) is 5.90. The zero-order valence-corrected chi connectivity index (χ0v) is 13.6. The third kappa shape index (κ3) is 3.15. The molecule has 2 aromatic rings. The Balaban J connectivity index is 1.42. The number of benzene rings is 2. The number of rotatable bonds is 2. The molecule has 2 unspecified atom stereocenters. The summed E-state index contributed by atoms with van der Waals surface area (Å²) in [4.78, 5) is 14.6. The fraction of sp³-hybridized carbons (Fsp3) is 0.350. The molecule has 130 valence electrons. The molecule has 0 radical (unpaired) electrons. The summed E-state index contributed by atoms with van der Waals surface area (Å²) < 4.78 is 37.9. The Hall–Kier alpha value is -2.30. The smallest absolute Gasteiger partial charge is 0.338 e. The second-order valence-corrected chi connectivity index (χ2v) is 6.85. The van der Waals surface area contributed by atoms with Crippen LogP contribution >= 0.6 is 0 Å². The van der Waals surface area contributed by atoms with Crippen LogP contribution < -0.4 is 0 Å². The molecular weight excluding hydrogens is 327 g/mol. The predicted molar refractivity (Wildman–Crippen MR) is 87.9 cm³/mol. The minimum Gasteiger partial charge on any atom is -0.338 e. The Bertz CT molecular complexity index is 797. The quantitative estimate of drug-likeness (QED) is 0.790. The molecule has 25 heavy (non-hydrogen) atoms. The molecule has 2 aromatic carbocycles. The molecule has 1 amide bonds. The average molecular weight is 345 g/mol. The molecule has 1 aliphatic heterocycles. The second-order valence-electron chi connectivity index (χ2n) is 6.85. The lowest BCUT2D eigenvalue weighted by Gasteiger charge is -2.29. The molecule has 0 saturated heterocycles. The van der Waals surface area contributed by atoms with E-state index in [1.165, 1.54) is 23.3 Å². The Morgan fingerprint density at radius 3 is 2.36 bits per heavy atom. The van der Waals surface area contributed by atoms with Gasteiger partial charge in [0.05, 0.1) is 5.56 Å². The van der Waals surface area contributed by atoms with E-state index in [1.807, 2.05) is 17.0 Å². The van der Waals surface area contributed by atoms with Gasteiger partial charge < -0.3 is 4.90 Å². The monoisotopic (exact) mass is 345 g/mol. The van der Waals surface area contributed by atoms with Crippen LogP contribution in [0.2, 0.25) is 0 Å². The fourth-order valence-corrected chi connectivity index (χ4v) is 3.67. The maximum Gasteiger partial charge on any atom is 0.416 e. The Kier molecular flexibility index (Phi) is 3.82. The maximum absolute atomic E-state index is 12.7. The van der Waals surface area contributed by atoms with E-state index < -0.39 is 11.7 Å². The van der Waals surface area contributed by atoms with Crippen LogP contribution in [0.5, 0.6) is 0 Å². The first-order chi connectivity index (χ1) is 11.9. The van der Waals surface area contributed by atoms with Crippen LogP contribution in [0.1, 0.15) is 34.6 Å². The first-order valence-corrected chi connectivity index (χ1v) is 8.46. The number of amides is 1. The molecule has 1 heterocycles. The van der Waals surface area contributed by atoms with Crippen LogP contribution in [0.3, 0.4) is 0 Å². The first kappa shape index (κ1) is 16.2. The van der Waals surface area contributed by atoms with Crippen molar-refractivity contribution in [1.29, 1.82) is 0 Å². The first-order valence-electron chi connectivity index (χ1n) is 8.46. The molecular formula is C20H18F3NO. The molecule has 0 bridgehead atoms. The number of alkyl halides is 3. The van der Waals surface area contributed by atoms with E-state index in [-0.39, 0.29) is 17.7 Å². The molecule has 1 aliphatic carbocycles. The van der Waals surface area contributed by atoms with Crippen molar-refractivity contribution in [3.05, 3.63) is 70.8 Å². The molecule has 1 saturated carbocycles. The van der Waals surface area contributed by atoms with Crippen molar-refractivity contribution in [2.75, 3.05) is 6.54 Å². The van der Waals surface area contributed by atoms with E-state index in [9.17, 15) is 18.0 Å². The fourth-order valence-electron chi connectivity index (χ4n) is 3.67. The van der Waals surface area contributed by atoms with Crippen molar-refractivity contribution in [3.8, 4) is 0 Å². The summed E-state index contributed by atoms with van der Waals surface area (Å²) >= 11 is 0. The number of fused-ring (bicyclic) bond motifs is 1. The highest BCUT2D eigenvalue weighted by molar-refractivity contribution is 5.83. The summed E-state index contributed by atoms with van der Waals surface area (Å²) in [6.45, 7) is 1.34. The lowest BCUT2D eigenvalue weighted by atomic mass is 9.99. The zero-order valence-electron chi connectivity index (χ0n) is 13.6. The SMILES string of the molecule is O=C(C1CC1c1ccc(C(F)(F)F)cc1)N1CCc2ccccc2C1. The zero-order chi connectivity index (χ0) is 17.6. The van der Waals surface area contributed by atoms with Crippen molar-refractivity contribution in [2.24, 2.45) is 5.92 Å². The summed E-state index contributed by atoms with van der Waals surface area (Å²) in [6.07, 6.45) is -2.74. The van der Waals surface area contributed by atoms with Gasteiger partial charge in [0.1, 0.15) is 0 Å². The summed E-state index contributed by atoms with van der Waals surface area (Å²) in [5.41, 5.74) is 2.66. The highest BCUT2D eigenvalue weighted by atomic mass is 19.4. The third-order valence-corrected chi connectivity index (χ3v) is 5.22. The summed E-state index contributed by atoms with van der Waals surface area (Å²) in [5.74, 6) is 0.0772. The average Bonchev–Trinajstić information content (AvgIpc) is 3.41. The van der Waals surface area contributed by atoms with Crippen molar-refractivity contribution < 1.29 is 18.0 Å². The lowest BCUT2D eigenvalue weighted by Crippen LogP contribution is -2.37. The Labute approximate surface area is 144 Å². The van der Waals surface area contributed by atoms with E-state index in [4.69, 9.17) is 0 Å². The molecule has 1 fully saturated rings. The summed E-state index contributed by atoms with van der Waals surface area (Å²) in [5, 5.41) is 0. The summed E-state index contributed by atoms with van der Waals surface area (Å²) in [7, 11) is 0. The van der Waals surface area contributed by atoms with Crippen LogP contribution in [0, 0.1) is 5.92 Å². The van der Waals surface area contributed by atoms with Gasteiger partial charge in [0.15, 0.2) is 0 Å². The minimum absolute atomic E-state index is 0.0481. The molecule has 0 spiro atoms. The van der Waals surface area contributed by atoms with Gasteiger partial charge in [0.2, 0.25) is 5.91 Å². The van der Waals surface area contributed by atoms with E-state index in [2.05, 4.69) is 12.1 Å². The van der Waals surface area contributed by atoms with Gasteiger partial charge in [-0.3, -0.25) is 4.79 Å². The topological polar surface area (TPSA) is 20.3 Å².